The highest BCUT2D eigenvalue weighted by molar-refractivity contribution is 5.95. The summed E-state index contributed by atoms with van der Waals surface area (Å²) in [6.07, 6.45) is 4.55. The molecule has 1 heterocycles. The third-order valence-electron chi connectivity index (χ3n) is 3.96. The Morgan fingerprint density at radius 1 is 1.29 bits per heavy atom. The van der Waals surface area contributed by atoms with Crippen LogP contribution in [-0.2, 0) is 11.3 Å². The number of nitriles is 1. The van der Waals surface area contributed by atoms with Gasteiger partial charge in [-0.3, -0.25) is 4.79 Å². The number of nitrogens with one attached hydrogen (secondary N) is 1. The number of carbonyl (C=O) groups is 1. The fraction of sp³-hybridized carbons (Fsp3) is 0.190. The molecule has 0 spiro atoms. The molecule has 0 radical (unpaired) electrons. The number of ether oxygens (including phenoxy) is 2. The fourth-order valence-electron chi connectivity index (χ4n) is 2.51. The molecule has 0 aliphatic carbocycles. The summed E-state index contributed by atoms with van der Waals surface area (Å²) >= 11 is 0. The topological polar surface area (TPSA) is 89.2 Å². The second kappa shape index (κ2) is 9.24. The number of anilines is 1. The molecule has 1 N–H and O–H groups in total. The number of benzene rings is 2. The number of hydrogen-bond acceptors (Lipinski definition) is 5. The summed E-state index contributed by atoms with van der Waals surface area (Å²) in [6, 6.07) is 16.0. The van der Waals surface area contributed by atoms with Crippen molar-refractivity contribution in [2.24, 2.45) is 0 Å². The Balaban J connectivity index is 1.59. The standard InChI is InChI=1S/C21H20N4O3/c1-16(28-18-6-4-5-17(13-18)14-22)21(26)24-19-7-2-3-8-20(19)27-12-11-25-10-9-23-15-25/h2-10,13,15-16H,11-12H2,1H3,(H,24,26). The largest absolute Gasteiger partial charge is 0.490 e. The van der Waals surface area contributed by atoms with Crippen molar-refractivity contribution in [1.29, 1.82) is 5.26 Å². The number of hydrogen-bond donors (Lipinski definition) is 1. The molecule has 1 atom stereocenters. The van der Waals surface area contributed by atoms with Crippen LogP contribution in [0.25, 0.3) is 0 Å². The average molecular weight is 376 g/mol. The maximum Gasteiger partial charge on any atom is 0.265 e. The number of para-hydroxylation sites is 2. The van der Waals surface area contributed by atoms with Gasteiger partial charge in [-0.1, -0.05) is 18.2 Å². The third-order valence-corrected chi connectivity index (χ3v) is 3.96. The molecule has 28 heavy (non-hydrogen) atoms. The number of carbonyl (C=O) groups excluding carboxylic acids is 1. The van der Waals surface area contributed by atoms with Gasteiger partial charge < -0.3 is 19.4 Å². The van der Waals surface area contributed by atoms with Crippen LogP contribution in [0.3, 0.4) is 0 Å². The molecule has 0 saturated heterocycles. The van der Waals surface area contributed by atoms with Crippen LogP contribution in [0.2, 0.25) is 0 Å². The maximum absolute atomic E-state index is 12.5. The van der Waals surface area contributed by atoms with E-state index in [-0.39, 0.29) is 5.91 Å². The maximum atomic E-state index is 12.5. The van der Waals surface area contributed by atoms with E-state index in [0.717, 1.165) is 0 Å². The minimum Gasteiger partial charge on any atom is -0.490 e. The van der Waals surface area contributed by atoms with E-state index in [4.69, 9.17) is 14.7 Å². The van der Waals surface area contributed by atoms with Crippen molar-refractivity contribution in [3.8, 4) is 17.6 Å². The van der Waals surface area contributed by atoms with E-state index < -0.39 is 6.10 Å². The molecule has 0 saturated carbocycles. The van der Waals surface area contributed by atoms with E-state index in [2.05, 4.69) is 10.3 Å². The molecule has 3 aromatic rings. The van der Waals surface area contributed by atoms with Crippen LogP contribution in [0.1, 0.15) is 12.5 Å². The summed E-state index contributed by atoms with van der Waals surface area (Å²) in [5.74, 6) is 0.731. The van der Waals surface area contributed by atoms with Gasteiger partial charge in [0, 0.05) is 12.4 Å². The highest BCUT2D eigenvalue weighted by Gasteiger charge is 2.17. The van der Waals surface area contributed by atoms with E-state index in [1.807, 2.05) is 29.0 Å². The van der Waals surface area contributed by atoms with E-state index in [1.54, 1.807) is 55.8 Å². The molecule has 0 aliphatic heterocycles. The van der Waals surface area contributed by atoms with Crippen molar-refractivity contribution >= 4 is 11.6 Å². The summed E-state index contributed by atoms with van der Waals surface area (Å²) in [6.45, 7) is 2.74. The molecular weight excluding hydrogens is 356 g/mol. The molecule has 142 valence electrons. The first kappa shape index (κ1) is 19.0. The summed E-state index contributed by atoms with van der Waals surface area (Å²) in [7, 11) is 0. The number of amides is 1. The fourth-order valence-corrected chi connectivity index (χ4v) is 2.51. The first-order valence-electron chi connectivity index (χ1n) is 8.81. The van der Waals surface area contributed by atoms with Gasteiger partial charge >= 0.3 is 0 Å². The SMILES string of the molecule is CC(Oc1cccc(C#N)c1)C(=O)Nc1ccccc1OCCn1ccnc1. The molecule has 2 aromatic carbocycles. The van der Waals surface area contributed by atoms with Crippen LogP contribution in [-0.4, -0.2) is 28.2 Å². The molecule has 7 heteroatoms. The number of nitrogens with zero attached hydrogens (tertiary/aromatic N) is 3. The third kappa shape index (κ3) is 5.11. The molecule has 1 aromatic heterocycles. The van der Waals surface area contributed by atoms with Crippen LogP contribution < -0.4 is 14.8 Å². The smallest absolute Gasteiger partial charge is 0.265 e. The summed E-state index contributed by atoms with van der Waals surface area (Å²) in [5, 5.41) is 11.8. The predicted molar refractivity (Wildman–Crippen MR) is 104 cm³/mol. The second-order valence-electron chi connectivity index (χ2n) is 6.03. The van der Waals surface area contributed by atoms with Gasteiger partial charge in [0.25, 0.3) is 5.91 Å². The second-order valence-corrected chi connectivity index (χ2v) is 6.03. The van der Waals surface area contributed by atoms with Crippen molar-refractivity contribution in [2.45, 2.75) is 19.6 Å². The molecule has 7 nitrogen and oxygen atoms in total. The molecular formula is C21H20N4O3. The van der Waals surface area contributed by atoms with Crippen molar-refractivity contribution < 1.29 is 14.3 Å². The van der Waals surface area contributed by atoms with Gasteiger partial charge in [-0.15, -0.1) is 0 Å². The Bertz CT molecular complexity index is 964. The molecule has 0 bridgehead atoms. The van der Waals surface area contributed by atoms with Gasteiger partial charge in [-0.2, -0.15) is 5.26 Å². The van der Waals surface area contributed by atoms with Crippen LogP contribution in [0.15, 0.2) is 67.3 Å². The molecule has 1 amide bonds. The first-order chi connectivity index (χ1) is 13.7. The Morgan fingerprint density at radius 2 is 2.14 bits per heavy atom. The van der Waals surface area contributed by atoms with Crippen LogP contribution in [0.5, 0.6) is 11.5 Å². The highest BCUT2D eigenvalue weighted by Crippen LogP contribution is 2.24. The van der Waals surface area contributed by atoms with Gasteiger partial charge in [0.2, 0.25) is 0 Å². The monoisotopic (exact) mass is 376 g/mol. The van der Waals surface area contributed by atoms with E-state index in [0.29, 0.717) is 35.9 Å². The van der Waals surface area contributed by atoms with Gasteiger partial charge in [-0.05, 0) is 37.3 Å². The first-order valence-corrected chi connectivity index (χ1v) is 8.81. The lowest BCUT2D eigenvalue weighted by Crippen LogP contribution is -2.30. The van der Waals surface area contributed by atoms with Crippen molar-refractivity contribution in [2.75, 3.05) is 11.9 Å². The van der Waals surface area contributed by atoms with E-state index in [1.165, 1.54) is 0 Å². The molecule has 0 fully saturated rings. The number of imidazole rings is 1. The zero-order valence-electron chi connectivity index (χ0n) is 15.4. The zero-order chi connectivity index (χ0) is 19.8. The average Bonchev–Trinajstić information content (AvgIpc) is 3.23. The number of rotatable bonds is 8. The van der Waals surface area contributed by atoms with Gasteiger partial charge in [0.05, 0.1) is 30.2 Å². The minimum atomic E-state index is -0.743. The molecule has 0 aliphatic rings. The summed E-state index contributed by atoms with van der Waals surface area (Å²) in [5.41, 5.74) is 1.04. The Hall–Kier alpha value is -3.79. The highest BCUT2D eigenvalue weighted by atomic mass is 16.5. The normalized spacial score (nSPS) is 11.3. The molecule has 3 rings (SSSR count). The van der Waals surface area contributed by atoms with Crippen molar-refractivity contribution in [1.82, 2.24) is 9.55 Å². The lowest BCUT2D eigenvalue weighted by Gasteiger charge is -2.17. The lowest BCUT2D eigenvalue weighted by molar-refractivity contribution is -0.122. The number of aromatic nitrogens is 2. The van der Waals surface area contributed by atoms with Crippen LogP contribution in [0, 0.1) is 11.3 Å². The van der Waals surface area contributed by atoms with Gasteiger partial charge in [0.1, 0.15) is 18.1 Å². The quantitative estimate of drug-likeness (QED) is 0.652. The van der Waals surface area contributed by atoms with Crippen LogP contribution >= 0.6 is 0 Å². The Morgan fingerprint density at radius 3 is 2.93 bits per heavy atom. The van der Waals surface area contributed by atoms with Crippen LogP contribution in [0.4, 0.5) is 5.69 Å². The lowest BCUT2D eigenvalue weighted by atomic mass is 10.2. The van der Waals surface area contributed by atoms with Gasteiger partial charge in [-0.25, -0.2) is 4.98 Å². The Kier molecular flexibility index (Phi) is 6.26. The van der Waals surface area contributed by atoms with Gasteiger partial charge in [0.15, 0.2) is 6.10 Å². The van der Waals surface area contributed by atoms with E-state index in [9.17, 15) is 4.79 Å². The summed E-state index contributed by atoms with van der Waals surface area (Å²) in [4.78, 5) is 16.5. The zero-order valence-corrected chi connectivity index (χ0v) is 15.4. The van der Waals surface area contributed by atoms with Crippen molar-refractivity contribution in [3.05, 3.63) is 72.8 Å². The Labute approximate surface area is 163 Å². The predicted octanol–water partition coefficient (Wildman–Crippen LogP) is 3.24. The minimum absolute atomic E-state index is 0.312. The van der Waals surface area contributed by atoms with E-state index >= 15 is 0 Å². The molecule has 1 unspecified atom stereocenters. The van der Waals surface area contributed by atoms with Crippen molar-refractivity contribution in [3.63, 3.8) is 0 Å². The summed E-state index contributed by atoms with van der Waals surface area (Å²) < 4.78 is 13.4.